The van der Waals surface area contributed by atoms with Gasteiger partial charge in [-0.2, -0.15) is 59.8 Å². The number of nitrogens with zero attached hydrogens (tertiary/aromatic N) is 18. The molecule has 0 aliphatic heterocycles. The number of anilines is 11. The van der Waals surface area contributed by atoms with Crippen LogP contribution in [0, 0.1) is 0 Å². The predicted molar refractivity (Wildman–Crippen MR) is 528 cm³/mol. The Morgan fingerprint density at radius 1 is 0.333 bits per heavy atom. The van der Waals surface area contributed by atoms with Gasteiger partial charge in [-0.1, -0.05) is 60.7 Å². The van der Waals surface area contributed by atoms with Crippen LogP contribution in [-0.4, -0.2) is 401 Å². The van der Waals surface area contributed by atoms with Gasteiger partial charge in [0.25, 0.3) is 0 Å². The van der Waals surface area contributed by atoms with Gasteiger partial charge in [0.05, 0.1) is 98.9 Å². The first kappa shape index (κ1) is 137. The predicted octanol–water partition coefficient (Wildman–Crippen LogP) is -12.6. The molecule has 4 aromatic carbocycles. The first-order valence-electron chi connectivity index (χ1n) is 45.4. The normalized spacial score (nSPS) is 11.7. The molecule has 63 heteroatoms. The third-order valence-corrected chi connectivity index (χ3v) is 29.9. The van der Waals surface area contributed by atoms with Crippen molar-refractivity contribution in [3.63, 3.8) is 0 Å². The zero-order valence-electron chi connectivity index (χ0n) is 84.0. The third-order valence-electron chi connectivity index (χ3n) is 19.9. The molecule has 17 N–H and O–H groups in total. The summed E-state index contributed by atoms with van der Waals surface area (Å²) in [5.41, 5.74) is 5.41. The first-order valence-corrected chi connectivity index (χ1v) is 55.3. The second kappa shape index (κ2) is 71.3. The summed E-state index contributed by atoms with van der Waals surface area (Å²) in [5.74, 6) is 0.135. The second-order valence-corrected chi connectivity index (χ2v) is 41.2. The second-order valence-electron chi connectivity index (χ2n) is 30.0. The molecule has 8 rings (SSSR count). The smallest absolute Gasteiger partial charge is 0.744 e. The molecule has 0 unspecified atom stereocenters. The number of hydrogen-bond acceptors (Lipinski definition) is 52. The van der Waals surface area contributed by atoms with Crippen LogP contribution in [0.2, 0.25) is 17.4 Å². The summed E-state index contributed by atoms with van der Waals surface area (Å²) < 4.78 is 186. The Balaban J connectivity index is 0.000000867. The molecular weight excluding hydrogens is 2110 g/mol. The molecule has 0 radical (unpaired) electrons. The molecule has 0 aliphatic carbocycles. The van der Waals surface area contributed by atoms with Gasteiger partial charge in [-0.25, -0.2) is 33.7 Å². The summed E-state index contributed by atoms with van der Waals surface area (Å²) in [6.07, 6.45) is 5.69. The van der Waals surface area contributed by atoms with Crippen LogP contribution in [0.5, 0.6) is 0 Å². The van der Waals surface area contributed by atoms with E-state index >= 15 is 0 Å². The van der Waals surface area contributed by atoms with E-state index in [9.17, 15) is 113 Å². The fourth-order valence-corrected chi connectivity index (χ4v) is 22.1. The van der Waals surface area contributed by atoms with Crippen molar-refractivity contribution in [3.05, 3.63) is 123 Å². The van der Waals surface area contributed by atoms with Gasteiger partial charge in [-0.05, 0) is 142 Å². The van der Waals surface area contributed by atoms with Crippen LogP contribution >= 0.6 is 11.6 Å². The Hall–Kier alpha value is -5.80. The number of rotatable bonds is 66. The number of aliphatic hydroxyl groups is 12. The topological polar surface area (TPSA) is 763 Å². The average Bonchev–Trinajstić information content (AvgIpc) is 0.796. The van der Waals surface area contributed by atoms with E-state index in [1.807, 2.05) is 41.5 Å². The van der Waals surface area contributed by atoms with Crippen LogP contribution in [0.25, 0.3) is 24.3 Å². The van der Waals surface area contributed by atoms with Crippen molar-refractivity contribution in [2.24, 2.45) is 5.73 Å². The Morgan fingerprint density at radius 2 is 0.578 bits per heavy atom. The first-order chi connectivity index (χ1) is 68.4. The van der Waals surface area contributed by atoms with Crippen LogP contribution in [0.1, 0.15) is 99.4 Å². The molecule has 8 aromatic rings. The van der Waals surface area contributed by atoms with E-state index in [1.165, 1.54) is 77.9 Å². The van der Waals surface area contributed by atoms with Gasteiger partial charge in [0, 0.05) is 161 Å². The molecule has 147 heavy (non-hydrogen) atoms. The van der Waals surface area contributed by atoms with E-state index in [0.717, 1.165) is 61.0 Å². The maximum atomic E-state index is 12.7. The van der Waals surface area contributed by atoms with Crippen LogP contribution < -0.4 is 169 Å². The Labute approximate surface area is 950 Å². The summed E-state index contributed by atoms with van der Waals surface area (Å²) in [7, 11) is -26.1. The van der Waals surface area contributed by atoms with E-state index < -0.39 is 77.7 Å². The Morgan fingerprint density at radius 3 is 0.844 bits per heavy atom. The maximum Gasteiger partial charge on any atom is 1.00 e. The minimum atomic E-state index is -5.21. The van der Waals surface area contributed by atoms with E-state index in [-0.39, 0.29) is 404 Å². The molecule has 4 aromatic heterocycles. The zero-order valence-corrected chi connectivity index (χ0v) is 98.0. The summed E-state index contributed by atoms with van der Waals surface area (Å²) in [4.78, 5) is 57.9. The molecule has 0 aliphatic rings. The monoisotopic (exact) mass is 2230 g/mol. The maximum absolute atomic E-state index is 12.7. The van der Waals surface area contributed by atoms with Gasteiger partial charge in [0.15, 0.2) is 0 Å². The molecule has 0 saturated heterocycles. The Kier molecular flexibility index (Phi) is 66.6. The Bertz CT molecular complexity index is 5680. The standard InChI is InChI=1S/C42H65N11O15S2Si.C33H43ClN10O12S2.C9H23NO3Si.4Na/c1-4-66-71(67-5-2,68-6-3)27-7-14-43-38-47-39(49-42(48-38)53(19-25-58)20-26-59)44-34-13-12-33(36(30-34)70(63,64)65)11-10-32-9-8-31(28-35(32)69(60,61)62)29-37-45-40(51(15-21-54)16-22-55)50-41(46-37)52(17-23-56)18-24-57;34-29-38-30(40-33(39-29)44(11-17-49)12-18-50)35-25-6-5-24(27(21-25)58(54,55)56)4-3-23-2-1-22(19-26(23)57(51,52)53)20-28-36-31(42(7-13-45)8-14-46)41-32(37-28)43(9-15-47)10-16-48;1-4-11-14(12-5-2,13-6-3)9-7-8-10;;;;/h8-13,28,30,54-59H,4-7,14-27,29H2,1-3H3,(H,60,61,62)(H,63,64,65)(H2,43,44,47,48,49);1-6,19,21,45-50H,7-18,20H2,(H,51,52,53)(H,54,55,56)(H,35,38,39,40);4-10H2,1-3H3;;;;/q;;;4*+1/p-4/b11-10+;4-3+;;;;;. The molecule has 0 spiro atoms. The van der Waals surface area contributed by atoms with E-state index in [1.54, 1.807) is 0 Å². The van der Waals surface area contributed by atoms with Crippen LogP contribution in [0.4, 0.5) is 64.9 Å². The van der Waals surface area contributed by atoms with Gasteiger partial charge in [-0.3, -0.25) is 0 Å². The minimum absolute atomic E-state index is 0. The molecule has 0 amide bonds. The number of hydrogen-bond donors (Lipinski definition) is 16. The van der Waals surface area contributed by atoms with Crippen molar-refractivity contribution in [1.29, 1.82) is 0 Å². The van der Waals surface area contributed by atoms with E-state index in [4.69, 9.17) is 43.9 Å². The van der Waals surface area contributed by atoms with E-state index in [2.05, 4.69) is 75.8 Å². The minimum Gasteiger partial charge on any atom is -0.744 e. The van der Waals surface area contributed by atoms with Crippen LogP contribution in [-0.2, 0) is 79.9 Å². The number of nitrogens with two attached hydrogens (primary N) is 1. The van der Waals surface area contributed by atoms with E-state index in [0.29, 0.717) is 65.2 Å². The number of benzene rings is 4. The van der Waals surface area contributed by atoms with Gasteiger partial charge in [0.2, 0.25) is 58.8 Å². The molecular formula is C84H127ClN22Na4O30S4Si2. The van der Waals surface area contributed by atoms with Gasteiger partial charge in [-0.15, -0.1) is 0 Å². The number of nitrogens with one attached hydrogen (secondary N) is 3. The van der Waals surface area contributed by atoms with Crippen LogP contribution in [0.3, 0.4) is 0 Å². The van der Waals surface area contributed by atoms with Crippen molar-refractivity contribution in [2.75, 3.05) is 256 Å². The SMILES string of the molecule is CCO[Si](CCCN)(OCC)OCC.CCO[Si](CCCNc1nc(Nc2ccc(/C=C/c3ccc(Cc4nc(N(CCO)CCO)nc(N(CCO)CCO)n4)cc3S(=O)(=O)[O-])c(S(=O)(=O)[O-])c2)nc(N(CCO)CCO)n1)(OCC)OCC.O=S(=O)([O-])c1cc(Cc2nc(N(CCO)CCO)nc(N(CCO)CCO)n2)ccc1/C=C/c1ccc(Nc2nc(Cl)nc(N(CCO)CCO)n2)cc1S(=O)(=O)[O-].[Na+].[Na+].[Na+].[Na+]. The molecule has 52 nitrogen and oxygen atoms in total. The van der Waals surface area contributed by atoms with Crippen molar-refractivity contribution >= 4 is 159 Å². The zero-order chi connectivity index (χ0) is 105. The fraction of sp³-hybridized carbons (Fsp3) is 0.524. The van der Waals surface area contributed by atoms with Crippen LogP contribution in [0.15, 0.2) is 92.4 Å². The molecule has 0 fully saturated rings. The number of halogens is 1. The molecule has 0 bridgehead atoms. The largest absolute Gasteiger partial charge is 1.00 e. The van der Waals surface area contributed by atoms with Gasteiger partial charge < -0.3 is 157 Å². The van der Waals surface area contributed by atoms with Gasteiger partial charge >= 0.3 is 136 Å². The fourth-order valence-electron chi connectivity index (χ4n) is 13.8. The molecule has 0 saturated carbocycles. The summed E-state index contributed by atoms with van der Waals surface area (Å²) in [5, 5.41) is 123. The summed E-state index contributed by atoms with van der Waals surface area (Å²) in [6.45, 7) is 12.2. The van der Waals surface area contributed by atoms with Crippen molar-refractivity contribution < 1.29 is 258 Å². The average molecular weight is 2240 g/mol. The molecule has 4 heterocycles. The number of aromatic nitrogens is 12. The number of aliphatic hydroxyl groups excluding tert-OH is 12. The van der Waals surface area contributed by atoms with Crippen molar-refractivity contribution in [3.8, 4) is 0 Å². The third kappa shape index (κ3) is 46.0. The molecule has 0 atom stereocenters. The van der Waals surface area contributed by atoms with Crippen molar-refractivity contribution in [2.45, 2.75) is 98.9 Å². The summed E-state index contributed by atoms with van der Waals surface area (Å²) >= 11 is 6.04. The quantitative estimate of drug-likeness (QED) is 0.00728. The van der Waals surface area contributed by atoms with Crippen molar-refractivity contribution in [1.82, 2.24) is 59.8 Å². The molecule has 796 valence electrons. The van der Waals surface area contributed by atoms with Gasteiger partial charge in [0.1, 0.15) is 52.1 Å². The summed E-state index contributed by atoms with van der Waals surface area (Å²) in [6, 6.07) is 16.3.